The molecule has 4 nitrogen and oxygen atoms in total. The number of hydrogen-bond acceptors (Lipinski definition) is 4. The Morgan fingerprint density at radius 1 is 1.56 bits per heavy atom. The van der Waals surface area contributed by atoms with Gasteiger partial charge in [0.25, 0.3) is 0 Å². The van der Waals surface area contributed by atoms with Crippen LogP contribution < -0.4 is 5.32 Å². The molecule has 1 heterocycles. The lowest BCUT2D eigenvalue weighted by Crippen LogP contribution is -2.33. The number of benzene rings is 1. The standard InChI is InChI=1S/C12H16FNO3S/c1-8(15)7-14-11-4-5-18(16,17)12-3-2-9(13)6-10(11)12/h2-3,6,8,11,14-15H,4-5,7H2,1H3. The van der Waals surface area contributed by atoms with E-state index in [1.165, 1.54) is 12.1 Å². The van der Waals surface area contributed by atoms with E-state index < -0.39 is 21.8 Å². The average molecular weight is 273 g/mol. The quantitative estimate of drug-likeness (QED) is 0.807. The molecule has 1 aliphatic rings. The minimum Gasteiger partial charge on any atom is -0.392 e. The molecule has 18 heavy (non-hydrogen) atoms. The molecule has 1 aromatic carbocycles. The molecule has 0 aromatic heterocycles. The monoisotopic (exact) mass is 273 g/mol. The second-order valence-electron chi connectivity index (χ2n) is 4.60. The Hall–Kier alpha value is -0.980. The zero-order valence-corrected chi connectivity index (χ0v) is 10.9. The van der Waals surface area contributed by atoms with Gasteiger partial charge in [-0.15, -0.1) is 0 Å². The third-order valence-electron chi connectivity index (χ3n) is 3.02. The Labute approximate surface area is 106 Å². The van der Waals surface area contributed by atoms with Crippen LogP contribution in [0.1, 0.15) is 24.9 Å². The van der Waals surface area contributed by atoms with E-state index in [-0.39, 0.29) is 16.7 Å². The van der Waals surface area contributed by atoms with Gasteiger partial charge in [-0.3, -0.25) is 0 Å². The minimum atomic E-state index is -3.30. The number of fused-ring (bicyclic) bond motifs is 1. The van der Waals surface area contributed by atoms with Gasteiger partial charge in [0.1, 0.15) is 5.82 Å². The molecule has 2 unspecified atom stereocenters. The smallest absolute Gasteiger partial charge is 0.178 e. The molecule has 0 spiro atoms. The summed E-state index contributed by atoms with van der Waals surface area (Å²) in [6, 6.07) is 3.50. The lowest BCUT2D eigenvalue weighted by molar-refractivity contribution is 0.185. The van der Waals surface area contributed by atoms with Gasteiger partial charge in [-0.05, 0) is 37.1 Å². The SMILES string of the molecule is CC(O)CNC1CCS(=O)(=O)c2ccc(F)cc21. The molecule has 0 bridgehead atoms. The lowest BCUT2D eigenvalue weighted by Gasteiger charge is -2.26. The molecule has 0 saturated heterocycles. The maximum atomic E-state index is 13.2. The van der Waals surface area contributed by atoms with E-state index in [2.05, 4.69) is 5.32 Å². The van der Waals surface area contributed by atoms with Gasteiger partial charge in [-0.2, -0.15) is 0 Å². The Kier molecular flexibility index (Phi) is 3.70. The molecular weight excluding hydrogens is 257 g/mol. The molecule has 2 rings (SSSR count). The van der Waals surface area contributed by atoms with E-state index in [0.717, 1.165) is 6.07 Å². The third-order valence-corrected chi connectivity index (χ3v) is 4.83. The first kappa shape index (κ1) is 13.5. The number of rotatable bonds is 3. The summed E-state index contributed by atoms with van der Waals surface area (Å²) in [7, 11) is -3.30. The van der Waals surface area contributed by atoms with Gasteiger partial charge in [0, 0.05) is 12.6 Å². The molecule has 100 valence electrons. The second-order valence-corrected chi connectivity index (χ2v) is 6.68. The van der Waals surface area contributed by atoms with Crippen LogP contribution in [-0.2, 0) is 9.84 Å². The Morgan fingerprint density at radius 2 is 2.28 bits per heavy atom. The van der Waals surface area contributed by atoms with Gasteiger partial charge in [0.15, 0.2) is 9.84 Å². The molecule has 0 saturated carbocycles. The van der Waals surface area contributed by atoms with Crippen LogP contribution in [0.25, 0.3) is 0 Å². The van der Waals surface area contributed by atoms with Crippen LogP contribution in [0, 0.1) is 5.82 Å². The highest BCUT2D eigenvalue weighted by Gasteiger charge is 2.30. The van der Waals surface area contributed by atoms with E-state index in [9.17, 15) is 17.9 Å². The van der Waals surface area contributed by atoms with E-state index >= 15 is 0 Å². The first-order chi connectivity index (χ1) is 8.40. The van der Waals surface area contributed by atoms with Crippen molar-refractivity contribution in [2.24, 2.45) is 0 Å². The summed E-state index contributed by atoms with van der Waals surface area (Å²) in [5, 5.41) is 12.3. The largest absolute Gasteiger partial charge is 0.392 e. The maximum Gasteiger partial charge on any atom is 0.178 e. The molecule has 1 aromatic rings. The number of halogens is 1. The van der Waals surface area contributed by atoms with Gasteiger partial charge in [0.05, 0.1) is 16.8 Å². The van der Waals surface area contributed by atoms with Crippen molar-refractivity contribution in [3.05, 3.63) is 29.6 Å². The minimum absolute atomic E-state index is 0.0448. The van der Waals surface area contributed by atoms with E-state index in [0.29, 0.717) is 18.5 Å². The molecule has 0 fully saturated rings. The first-order valence-corrected chi connectivity index (χ1v) is 7.49. The zero-order valence-electron chi connectivity index (χ0n) is 10.1. The maximum absolute atomic E-state index is 13.2. The van der Waals surface area contributed by atoms with E-state index in [1.54, 1.807) is 6.92 Å². The molecule has 0 aliphatic carbocycles. The van der Waals surface area contributed by atoms with Crippen molar-refractivity contribution < 1.29 is 17.9 Å². The summed E-state index contributed by atoms with van der Waals surface area (Å²) < 4.78 is 37.0. The predicted octanol–water partition coefficient (Wildman–Crippen LogP) is 1.01. The molecule has 1 aliphatic heterocycles. The normalized spacial score (nSPS) is 23.4. The van der Waals surface area contributed by atoms with Crippen LogP contribution in [0.5, 0.6) is 0 Å². The summed E-state index contributed by atoms with van der Waals surface area (Å²) in [4.78, 5) is 0.193. The number of aliphatic hydroxyl groups is 1. The van der Waals surface area contributed by atoms with Crippen molar-refractivity contribution >= 4 is 9.84 Å². The highest BCUT2D eigenvalue weighted by molar-refractivity contribution is 7.91. The topological polar surface area (TPSA) is 66.4 Å². The van der Waals surface area contributed by atoms with Crippen molar-refractivity contribution in [2.75, 3.05) is 12.3 Å². The second kappa shape index (κ2) is 4.95. The molecule has 6 heteroatoms. The molecule has 2 atom stereocenters. The Bertz CT molecular complexity index is 542. The highest BCUT2D eigenvalue weighted by atomic mass is 32.2. The van der Waals surface area contributed by atoms with E-state index in [4.69, 9.17) is 0 Å². The average Bonchev–Trinajstić information content (AvgIpc) is 2.27. The van der Waals surface area contributed by atoms with Crippen molar-refractivity contribution in [1.29, 1.82) is 0 Å². The lowest BCUT2D eigenvalue weighted by atomic mass is 10.0. The number of nitrogens with one attached hydrogen (secondary N) is 1. The fourth-order valence-electron chi connectivity index (χ4n) is 2.14. The van der Waals surface area contributed by atoms with Crippen LogP contribution in [0.2, 0.25) is 0 Å². The predicted molar refractivity (Wildman–Crippen MR) is 65.5 cm³/mol. The highest BCUT2D eigenvalue weighted by Crippen LogP contribution is 2.32. The van der Waals surface area contributed by atoms with Gasteiger partial charge < -0.3 is 10.4 Å². The summed E-state index contributed by atoms with van der Waals surface area (Å²) in [6.45, 7) is 1.99. The van der Waals surface area contributed by atoms with Crippen molar-refractivity contribution in [3.8, 4) is 0 Å². The van der Waals surface area contributed by atoms with E-state index in [1.807, 2.05) is 0 Å². The Balaban J connectivity index is 2.35. The van der Waals surface area contributed by atoms with Crippen molar-refractivity contribution in [2.45, 2.75) is 30.4 Å². The molecule has 0 radical (unpaired) electrons. The van der Waals surface area contributed by atoms with Gasteiger partial charge in [0.2, 0.25) is 0 Å². The summed E-state index contributed by atoms with van der Waals surface area (Å²) in [5.41, 5.74) is 0.460. The van der Waals surface area contributed by atoms with Gasteiger partial charge in [-0.1, -0.05) is 0 Å². The number of sulfone groups is 1. The van der Waals surface area contributed by atoms with Crippen LogP contribution in [0.3, 0.4) is 0 Å². The van der Waals surface area contributed by atoms with Crippen LogP contribution in [-0.4, -0.2) is 31.9 Å². The fourth-order valence-corrected chi connectivity index (χ4v) is 3.74. The van der Waals surface area contributed by atoms with Crippen LogP contribution in [0.15, 0.2) is 23.1 Å². The van der Waals surface area contributed by atoms with Crippen molar-refractivity contribution in [1.82, 2.24) is 5.32 Å². The van der Waals surface area contributed by atoms with Gasteiger partial charge in [-0.25, -0.2) is 12.8 Å². The molecule has 2 N–H and O–H groups in total. The molecular formula is C12H16FNO3S. The summed E-state index contributed by atoms with van der Waals surface area (Å²) >= 11 is 0. The van der Waals surface area contributed by atoms with Crippen LogP contribution in [0.4, 0.5) is 4.39 Å². The number of aliphatic hydroxyl groups excluding tert-OH is 1. The van der Waals surface area contributed by atoms with Crippen molar-refractivity contribution in [3.63, 3.8) is 0 Å². The number of hydrogen-bond donors (Lipinski definition) is 2. The zero-order chi connectivity index (χ0) is 13.3. The fraction of sp³-hybridized carbons (Fsp3) is 0.500. The molecule has 0 amide bonds. The first-order valence-electron chi connectivity index (χ1n) is 5.84. The van der Waals surface area contributed by atoms with Crippen LogP contribution >= 0.6 is 0 Å². The Morgan fingerprint density at radius 3 is 2.94 bits per heavy atom. The summed E-state index contributed by atoms with van der Waals surface area (Å²) in [5.74, 6) is -0.405. The third kappa shape index (κ3) is 2.71. The summed E-state index contributed by atoms with van der Waals surface area (Å²) in [6.07, 6.45) is -0.133. The van der Waals surface area contributed by atoms with Gasteiger partial charge >= 0.3 is 0 Å².